The molecule has 35 heavy (non-hydrogen) atoms. The third kappa shape index (κ3) is 12.5. The second kappa shape index (κ2) is 14.0. The summed E-state index contributed by atoms with van der Waals surface area (Å²) in [6, 6.07) is 5.39. The van der Waals surface area contributed by atoms with Gasteiger partial charge >= 0.3 is 18.0 Å². The van der Waals surface area contributed by atoms with E-state index in [1.54, 1.807) is 32.9 Å². The van der Waals surface area contributed by atoms with E-state index < -0.39 is 45.9 Å². The second-order valence-corrected chi connectivity index (χ2v) is 10.3. The van der Waals surface area contributed by atoms with Crippen LogP contribution in [0.3, 0.4) is 0 Å². The average Bonchev–Trinajstić information content (AvgIpc) is 2.75. The smallest absolute Gasteiger partial charge is 0.407 e. The minimum Gasteiger partial charge on any atom is -0.469 e. The van der Waals surface area contributed by atoms with Gasteiger partial charge in [-0.25, -0.2) is 4.79 Å². The van der Waals surface area contributed by atoms with E-state index in [4.69, 9.17) is 13.7 Å². The molecule has 1 aromatic carbocycles. The van der Waals surface area contributed by atoms with E-state index in [9.17, 15) is 22.8 Å². The molecule has 0 aliphatic carbocycles. The fourth-order valence-corrected chi connectivity index (χ4v) is 3.77. The molecule has 0 bridgehead atoms. The summed E-state index contributed by atoms with van der Waals surface area (Å²) >= 11 is 0. The first-order valence-corrected chi connectivity index (χ1v) is 12.4. The van der Waals surface area contributed by atoms with Gasteiger partial charge in [0.1, 0.15) is 5.60 Å². The number of ether oxygens (including phenoxy) is 4. The third-order valence-electron chi connectivity index (χ3n) is 4.52. The summed E-state index contributed by atoms with van der Waals surface area (Å²) in [6.07, 6.45) is -1.95. The average molecular weight is 518 g/mol. The second-order valence-electron chi connectivity index (χ2n) is 8.72. The highest BCUT2D eigenvalue weighted by molar-refractivity contribution is 7.86. The molecule has 12 heteroatoms. The molecule has 1 rings (SSSR count). The van der Waals surface area contributed by atoms with Crippen LogP contribution in [0.25, 0.3) is 0 Å². The van der Waals surface area contributed by atoms with Crippen LogP contribution < -0.4 is 5.32 Å². The Morgan fingerprint density at radius 3 is 2.06 bits per heavy atom. The molecule has 11 nitrogen and oxygen atoms in total. The van der Waals surface area contributed by atoms with Gasteiger partial charge in [0, 0.05) is 6.04 Å². The Bertz CT molecular complexity index is 938. The number of rotatable bonds is 13. The van der Waals surface area contributed by atoms with Crippen molar-refractivity contribution in [1.29, 1.82) is 0 Å². The van der Waals surface area contributed by atoms with Crippen molar-refractivity contribution in [3.63, 3.8) is 0 Å². The highest BCUT2D eigenvalue weighted by atomic mass is 32.2. The van der Waals surface area contributed by atoms with Gasteiger partial charge in [0.15, 0.2) is 0 Å². The predicted molar refractivity (Wildman–Crippen MR) is 125 cm³/mol. The van der Waals surface area contributed by atoms with E-state index in [0.717, 1.165) is 5.56 Å². The van der Waals surface area contributed by atoms with Crippen molar-refractivity contribution >= 4 is 28.1 Å². The first-order valence-electron chi connectivity index (χ1n) is 11.0. The van der Waals surface area contributed by atoms with Gasteiger partial charge in [0.05, 0.1) is 51.3 Å². The maximum atomic E-state index is 12.3. The summed E-state index contributed by atoms with van der Waals surface area (Å²) in [6.45, 7) is 6.41. The Balaban J connectivity index is 2.81. The Hall–Kier alpha value is -2.70. The topological polar surface area (TPSA) is 144 Å². The van der Waals surface area contributed by atoms with Crippen LogP contribution in [0.4, 0.5) is 4.79 Å². The zero-order valence-electron chi connectivity index (χ0n) is 21.0. The molecule has 1 N–H and O–H groups in total. The molecule has 2 atom stereocenters. The number of benzene rings is 1. The lowest BCUT2D eigenvalue weighted by Gasteiger charge is -2.26. The van der Waals surface area contributed by atoms with Crippen molar-refractivity contribution in [3.05, 3.63) is 29.8 Å². The lowest BCUT2D eigenvalue weighted by Crippen LogP contribution is -2.42. The lowest BCUT2D eigenvalue weighted by molar-refractivity contribution is -0.144. The van der Waals surface area contributed by atoms with Crippen molar-refractivity contribution in [3.8, 4) is 0 Å². The molecule has 1 aromatic rings. The van der Waals surface area contributed by atoms with E-state index >= 15 is 0 Å². The zero-order valence-corrected chi connectivity index (χ0v) is 21.8. The van der Waals surface area contributed by atoms with Gasteiger partial charge in [0.25, 0.3) is 10.1 Å². The highest BCUT2D eigenvalue weighted by Crippen LogP contribution is 2.16. The normalized spacial score (nSPS) is 13.4. The summed E-state index contributed by atoms with van der Waals surface area (Å²) < 4.78 is 49.9. The molecule has 0 heterocycles. The summed E-state index contributed by atoms with van der Waals surface area (Å²) in [5.41, 5.74) is 0.140. The van der Waals surface area contributed by atoms with Crippen LogP contribution in [0.2, 0.25) is 0 Å². The standard InChI is InChI=1S/C23H35NO10S/c1-16-7-9-19(10-8-16)35(28,29)33-12-11-32-18(15-21(26)31-6)13-17(14-20(25)30-5)24-22(27)34-23(2,3)4/h7-10,17-18H,11-15H2,1-6H3,(H,24,27). The molecule has 0 fully saturated rings. The van der Waals surface area contributed by atoms with Crippen LogP contribution in [-0.4, -0.2) is 71.6 Å². The minimum absolute atomic E-state index is 0.00825. The van der Waals surface area contributed by atoms with E-state index in [0.29, 0.717) is 0 Å². The van der Waals surface area contributed by atoms with Crippen molar-refractivity contribution in [2.75, 3.05) is 27.4 Å². The largest absolute Gasteiger partial charge is 0.469 e. The fourth-order valence-electron chi connectivity index (χ4n) is 2.88. The van der Waals surface area contributed by atoms with Crippen LogP contribution in [0.5, 0.6) is 0 Å². The van der Waals surface area contributed by atoms with Crippen molar-refractivity contribution < 1.29 is 45.9 Å². The first kappa shape index (κ1) is 30.3. The summed E-state index contributed by atoms with van der Waals surface area (Å²) in [7, 11) is -1.57. The summed E-state index contributed by atoms with van der Waals surface area (Å²) in [5.74, 6) is -1.17. The summed E-state index contributed by atoms with van der Waals surface area (Å²) in [4.78, 5) is 35.9. The molecule has 2 unspecified atom stereocenters. The van der Waals surface area contributed by atoms with Crippen LogP contribution in [-0.2, 0) is 42.8 Å². The number of aryl methyl sites for hydroxylation is 1. The van der Waals surface area contributed by atoms with Gasteiger partial charge in [-0.05, 0) is 46.2 Å². The van der Waals surface area contributed by atoms with Gasteiger partial charge in [-0.1, -0.05) is 17.7 Å². The van der Waals surface area contributed by atoms with Crippen LogP contribution in [0.15, 0.2) is 29.2 Å². The van der Waals surface area contributed by atoms with E-state index in [-0.39, 0.29) is 37.4 Å². The van der Waals surface area contributed by atoms with Gasteiger partial charge in [-0.3, -0.25) is 13.8 Å². The number of hydrogen-bond acceptors (Lipinski definition) is 10. The predicted octanol–water partition coefficient (Wildman–Crippen LogP) is 2.50. The zero-order chi connectivity index (χ0) is 26.6. The lowest BCUT2D eigenvalue weighted by atomic mass is 10.0. The maximum absolute atomic E-state index is 12.3. The highest BCUT2D eigenvalue weighted by Gasteiger charge is 2.26. The van der Waals surface area contributed by atoms with Crippen molar-refractivity contribution in [1.82, 2.24) is 5.32 Å². The number of carbonyl (C=O) groups is 3. The van der Waals surface area contributed by atoms with Crippen LogP contribution in [0, 0.1) is 6.92 Å². The Morgan fingerprint density at radius 1 is 0.943 bits per heavy atom. The monoisotopic (exact) mass is 517 g/mol. The van der Waals surface area contributed by atoms with Gasteiger partial charge < -0.3 is 24.3 Å². The van der Waals surface area contributed by atoms with Crippen LogP contribution >= 0.6 is 0 Å². The van der Waals surface area contributed by atoms with Crippen molar-refractivity contribution in [2.24, 2.45) is 0 Å². The number of esters is 2. The molecule has 0 aromatic heterocycles. The molecule has 0 aliphatic rings. The third-order valence-corrected chi connectivity index (χ3v) is 5.84. The molecule has 0 aliphatic heterocycles. The van der Waals surface area contributed by atoms with Gasteiger partial charge in [-0.2, -0.15) is 8.42 Å². The number of carbonyl (C=O) groups excluding carboxylic acids is 3. The SMILES string of the molecule is COC(=O)CC(CC(CC(=O)OC)OCCOS(=O)(=O)c1ccc(C)cc1)NC(=O)OC(C)(C)C. The van der Waals surface area contributed by atoms with Gasteiger partial charge in [0.2, 0.25) is 0 Å². The molecular formula is C23H35NO10S. The van der Waals surface area contributed by atoms with E-state index in [1.807, 2.05) is 6.92 Å². The molecular weight excluding hydrogens is 482 g/mol. The molecule has 0 saturated carbocycles. The molecule has 198 valence electrons. The number of nitrogens with one attached hydrogen (secondary N) is 1. The minimum atomic E-state index is -3.98. The van der Waals surface area contributed by atoms with Crippen LogP contribution in [0.1, 0.15) is 45.6 Å². The van der Waals surface area contributed by atoms with E-state index in [2.05, 4.69) is 14.8 Å². The molecule has 0 spiro atoms. The number of amides is 1. The molecule has 0 radical (unpaired) electrons. The Morgan fingerprint density at radius 2 is 1.51 bits per heavy atom. The summed E-state index contributed by atoms with van der Waals surface area (Å²) in [5, 5.41) is 2.58. The number of methoxy groups -OCH3 is 2. The quantitative estimate of drug-likeness (QED) is 0.179. The molecule has 1 amide bonds. The van der Waals surface area contributed by atoms with Crippen molar-refractivity contribution in [2.45, 2.75) is 69.6 Å². The maximum Gasteiger partial charge on any atom is 0.407 e. The Labute approximate surface area is 206 Å². The van der Waals surface area contributed by atoms with E-state index in [1.165, 1.54) is 26.4 Å². The first-order chi connectivity index (χ1) is 16.3. The number of hydrogen-bond donors (Lipinski definition) is 1. The number of alkyl carbamates (subject to hydrolysis) is 1. The fraction of sp³-hybridized carbons (Fsp3) is 0.609. The molecule has 0 saturated heterocycles. The van der Waals surface area contributed by atoms with Gasteiger partial charge in [-0.15, -0.1) is 0 Å². The Kier molecular flexibility index (Phi) is 12.1.